The van der Waals surface area contributed by atoms with Crippen LogP contribution in [0, 0.1) is 0 Å². The number of amides is 1. The number of rotatable bonds is 12. The molecule has 8 nitrogen and oxygen atoms in total. The zero-order chi connectivity index (χ0) is 28.0. The molecule has 0 N–H and O–H groups in total. The quantitative estimate of drug-likeness (QED) is 0.212. The van der Waals surface area contributed by atoms with Gasteiger partial charge in [0.15, 0.2) is 5.13 Å². The minimum absolute atomic E-state index is 0. The number of sulfonamides is 1. The van der Waals surface area contributed by atoms with Crippen molar-refractivity contribution in [2.45, 2.75) is 25.3 Å². The van der Waals surface area contributed by atoms with Crippen LogP contribution in [0.4, 0.5) is 5.13 Å². The highest BCUT2D eigenvalue weighted by Gasteiger charge is 2.25. The first-order chi connectivity index (χ1) is 18.8. The molecular formula is C29H35ClN4O4S2. The SMILES string of the molecule is CCN(CC)CCN(C(=O)c1ccc(S(=O)(=O)N(C)Cc2ccccc2)cc1)c1nc2cc(OC)ccc2s1.Cl. The van der Waals surface area contributed by atoms with Crippen LogP contribution in [0.25, 0.3) is 10.2 Å². The van der Waals surface area contributed by atoms with Gasteiger partial charge in [-0.05, 0) is 55.1 Å². The van der Waals surface area contributed by atoms with Gasteiger partial charge in [-0.25, -0.2) is 13.4 Å². The summed E-state index contributed by atoms with van der Waals surface area (Å²) in [4.78, 5) is 22.6. The molecule has 0 unspecified atom stereocenters. The van der Waals surface area contributed by atoms with Gasteiger partial charge in [-0.1, -0.05) is 55.5 Å². The number of aromatic nitrogens is 1. The molecule has 0 bridgehead atoms. The van der Waals surface area contributed by atoms with Gasteiger partial charge in [0.1, 0.15) is 5.75 Å². The van der Waals surface area contributed by atoms with Crippen molar-refractivity contribution in [3.8, 4) is 5.75 Å². The number of methoxy groups -OCH3 is 1. The van der Waals surface area contributed by atoms with Crippen LogP contribution >= 0.6 is 23.7 Å². The van der Waals surface area contributed by atoms with Crippen molar-refractivity contribution in [1.82, 2.24) is 14.2 Å². The first-order valence-corrected chi connectivity index (χ1v) is 15.1. The predicted molar refractivity (Wildman–Crippen MR) is 164 cm³/mol. The second-order valence-corrected chi connectivity index (χ2v) is 12.1. The molecular weight excluding hydrogens is 568 g/mol. The third-order valence-electron chi connectivity index (χ3n) is 6.65. The summed E-state index contributed by atoms with van der Waals surface area (Å²) in [7, 11) is -0.562. The van der Waals surface area contributed by atoms with Crippen LogP contribution in [0.15, 0.2) is 77.7 Å². The number of fused-ring (bicyclic) bond motifs is 1. The number of ether oxygens (including phenoxy) is 1. The fourth-order valence-corrected chi connectivity index (χ4v) is 6.36. The molecule has 4 rings (SSSR count). The number of hydrogen-bond donors (Lipinski definition) is 0. The van der Waals surface area contributed by atoms with Gasteiger partial charge >= 0.3 is 0 Å². The van der Waals surface area contributed by atoms with Crippen molar-refractivity contribution in [2.75, 3.05) is 45.2 Å². The van der Waals surface area contributed by atoms with E-state index in [1.165, 1.54) is 27.8 Å². The molecule has 0 saturated carbocycles. The van der Waals surface area contributed by atoms with Gasteiger partial charge in [-0.2, -0.15) is 4.31 Å². The molecule has 1 heterocycles. The standard InChI is InChI=1S/C29H34N4O4S2.ClH/c1-5-32(6-2)18-19-33(29-30-26-20-24(37-4)14-17-27(26)38-29)28(34)23-12-15-25(16-13-23)39(35,36)31(3)21-22-10-8-7-9-11-22;/h7-17,20H,5-6,18-19,21H2,1-4H3;1H. The number of nitrogens with zero attached hydrogens (tertiary/aromatic N) is 4. The largest absolute Gasteiger partial charge is 0.497 e. The summed E-state index contributed by atoms with van der Waals surface area (Å²) < 4.78 is 33.9. The van der Waals surface area contributed by atoms with Gasteiger partial charge in [0.05, 0.1) is 22.2 Å². The third-order valence-corrected chi connectivity index (χ3v) is 9.53. The molecule has 0 aliphatic carbocycles. The normalized spacial score (nSPS) is 11.6. The molecule has 0 spiro atoms. The Hall–Kier alpha value is -3.02. The maximum atomic E-state index is 13.8. The van der Waals surface area contributed by atoms with Crippen LogP contribution in [0.1, 0.15) is 29.8 Å². The van der Waals surface area contributed by atoms with E-state index < -0.39 is 10.0 Å². The van der Waals surface area contributed by atoms with E-state index in [9.17, 15) is 13.2 Å². The maximum Gasteiger partial charge on any atom is 0.260 e. The number of anilines is 1. The molecule has 214 valence electrons. The fourth-order valence-electron chi connectivity index (χ4n) is 4.23. The van der Waals surface area contributed by atoms with Crippen LogP contribution in [0.5, 0.6) is 5.75 Å². The topological polar surface area (TPSA) is 83.1 Å². The van der Waals surface area contributed by atoms with E-state index in [-0.39, 0.29) is 29.8 Å². The van der Waals surface area contributed by atoms with Crippen molar-refractivity contribution in [2.24, 2.45) is 0 Å². The maximum absolute atomic E-state index is 13.8. The van der Waals surface area contributed by atoms with Gasteiger partial charge in [0, 0.05) is 38.3 Å². The lowest BCUT2D eigenvalue weighted by atomic mass is 10.2. The van der Waals surface area contributed by atoms with E-state index in [1.807, 2.05) is 48.5 Å². The Labute approximate surface area is 246 Å². The first kappa shape index (κ1) is 31.5. The average molecular weight is 603 g/mol. The van der Waals surface area contributed by atoms with Crippen LogP contribution in [0.3, 0.4) is 0 Å². The number of halogens is 1. The molecule has 0 aliphatic rings. The lowest BCUT2D eigenvalue weighted by Crippen LogP contribution is -2.38. The van der Waals surface area contributed by atoms with E-state index in [0.717, 1.165) is 28.9 Å². The fraction of sp³-hybridized carbons (Fsp3) is 0.310. The lowest BCUT2D eigenvalue weighted by molar-refractivity contribution is 0.0983. The van der Waals surface area contributed by atoms with Crippen LogP contribution in [0.2, 0.25) is 0 Å². The zero-order valence-electron chi connectivity index (χ0n) is 23.1. The van der Waals surface area contributed by atoms with Crippen molar-refractivity contribution in [3.63, 3.8) is 0 Å². The Kier molecular flexibility index (Phi) is 11.1. The van der Waals surface area contributed by atoms with E-state index >= 15 is 0 Å². The van der Waals surface area contributed by atoms with Crippen molar-refractivity contribution in [3.05, 3.63) is 83.9 Å². The molecule has 40 heavy (non-hydrogen) atoms. The highest BCUT2D eigenvalue weighted by Crippen LogP contribution is 2.32. The summed E-state index contributed by atoms with van der Waals surface area (Å²) in [5, 5.41) is 0.592. The molecule has 4 aromatic rings. The van der Waals surface area contributed by atoms with Gasteiger partial charge < -0.3 is 9.64 Å². The molecule has 0 aliphatic heterocycles. The van der Waals surface area contributed by atoms with Crippen LogP contribution < -0.4 is 9.64 Å². The highest BCUT2D eigenvalue weighted by atomic mass is 35.5. The summed E-state index contributed by atoms with van der Waals surface area (Å²) in [5.41, 5.74) is 2.06. The second kappa shape index (κ2) is 14.0. The monoisotopic (exact) mass is 602 g/mol. The van der Waals surface area contributed by atoms with Crippen molar-refractivity contribution < 1.29 is 17.9 Å². The van der Waals surface area contributed by atoms with Crippen molar-refractivity contribution in [1.29, 1.82) is 0 Å². The minimum Gasteiger partial charge on any atom is -0.497 e. The Morgan fingerprint density at radius 3 is 2.25 bits per heavy atom. The van der Waals surface area contributed by atoms with Crippen molar-refractivity contribution >= 4 is 55.0 Å². The molecule has 1 aromatic heterocycles. The molecule has 3 aromatic carbocycles. The Balaban J connectivity index is 0.00000441. The van der Waals surface area contributed by atoms with Gasteiger partial charge in [0.2, 0.25) is 10.0 Å². The molecule has 11 heteroatoms. The van der Waals surface area contributed by atoms with Gasteiger partial charge in [-0.3, -0.25) is 9.69 Å². The zero-order valence-corrected chi connectivity index (χ0v) is 25.6. The predicted octanol–water partition coefficient (Wildman–Crippen LogP) is 5.54. The molecule has 0 fully saturated rings. The number of carbonyl (C=O) groups is 1. The molecule has 1 amide bonds. The minimum atomic E-state index is -3.72. The summed E-state index contributed by atoms with van der Waals surface area (Å²) in [6.45, 7) is 7.33. The molecule has 0 radical (unpaired) electrons. The van der Waals surface area contributed by atoms with Crippen LogP contribution in [-0.2, 0) is 16.6 Å². The smallest absolute Gasteiger partial charge is 0.260 e. The third kappa shape index (κ3) is 7.18. The highest BCUT2D eigenvalue weighted by molar-refractivity contribution is 7.89. The number of likely N-dealkylation sites (N-methyl/N-ethyl adjacent to an activating group) is 1. The number of benzene rings is 3. The molecule has 0 saturated heterocycles. The first-order valence-electron chi connectivity index (χ1n) is 12.9. The van der Waals surface area contributed by atoms with E-state index in [4.69, 9.17) is 9.72 Å². The number of hydrogen-bond acceptors (Lipinski definition) is 7. The van der Waals surface area contributed by atoms with E-state index in [0.29, 0.717) is 29.5 Å². The van der Waals surface area contributed by atoms with E-state index in [2.05, 4.69) is 18.7 Å². The van der Waals surface area contributed by atoms with Gasteiger partial charge in [0.25, 0.3) is 5.91 Å². The Bertz CT molecular complexity index is 1510. The lowest BCUT2D eigenvalue weighted by Gasteiger charge is -2.25. The second-order valence-electron chi connectivity index (χ2n) is 9.08. The van der Waals surface area contributed by atoms with Gasteiger partial charge in [-0.15, -0.1) is 12.4 Å². The summed E-state index contributed by atoms with van der Waals surface area (Å²) in [6.07, 6.45) is 0. The molecule has 0 atom stereocenters. The number of thiazole rings is 1. The van der Waals surface area contributed by atoms with Crippen LogP contribution in [-0.4, -0.2) is 68.9 Å². The Morgan fingerprint density at radius 1 is 0.950 bits per heavy atom. The summed E-state index contributed by atoms with van der Waals surface area (Å²) in [6, 6.07) is 21.2. The van der Waals surface area contributed by atoms with E-state index in [1.54, 1.807) is 31.2 Å². The number of carbonyl (C=O) groups excluding carboxylic acids is 1. The summed E-state index contributed by atoms with van der Waals surface area (Å²) >= 11 is 1.44. The summed E-state index contributed by atoms with van der Waals surface area (Å²) in [5.74, 6) is 0.476. The average Bonchev–Trinajstić information content (AvgIpc) is 3.38. The Morgan fingerprint density at radius 2 is 1.62 bits per heavy atom.